The number of hydrogen-bond donors (Lipinski definition) is 0. The van der Waals surface area contributed by atoms with Gasteiger partial charge in [-0.05, 0) is 18.2 Å². The molecule has 20 heavy (non-hydrogen) atoms. The second-order valence-electron chi connectivity index (χ2n) is 5.44. The fourth-order valence-corrected chi connectivity index (χ4v) is 2.18. The molecule has 0 unspecified atom stereocenters. The second-order valence-corrected chi connectivity index (χ2v) is 5.44. The number of quaternary nitrogens is 1. The Hall–Kier alpha value is -1.02. The maximum absolute atomic E-state index is 4.40. The molecular formula is C17H22IrN2. The molecule has 0 aliphatic rings. The molecule has 0 aliphatic heterocycles. The van der Waals surface area contributed by atoms with Crippen molar-refractivity contribution in [2.45, 2.75) is 19.8 Å². The summed E-state index contributed by atoms with van der Waals surface area (Å²) in [6.07, 6.45) is 4.30. The van der Waals surface area contributed by atoms with Gasteiger partial charge >= 0.3 is 0 Å². The minimum atomic E-state index is 0. The topological polar surface area (TPSA) is 12.9 Å². The largest absolute Gasteiger partial charge is 0.312 e. The van der Waals surface area contributed by atoms with Crippen LogP contribution in [0.15, 0.2) is 42.6 Å². The van der Waals surface area contributed by atoms with Gasteiger partial charge in [-0.15, -0.1) is 17.7 Å². The van der Waals surface area contributed by atoms with Gasteiger partial charge in [0.15, 0.2) is 0 Å². The van der Waals surface area contributed by atoms with Crippen molar-refractivity contribution < 1.29 is 20.1 Å². The molecule has 0 aliphatic carbocycles. The van der Waals surface area contributed by atoms with Crippen LogP contribution in [-0.2, 0) is 20.1 Å². The molecule has 0 N–H and O–H groups in total. The van der Waals surface area contributed by atoms with Crippen molar-refractivity contribution >= 4 is 5.69 Å². The predicted octanol–water partition coefficient (Wildman–Crippen LogP) is 3.91. The molecule has 0 fully saturated rings. The van der Waals surface area contributed by atoms with Crippen LogP contribution in [-0.4, -0.2) is 25.6 Å². The summed E-state index contributed by atoms with van der Waals surface area (Å²) in [5.41, 5.74) is 3.37. The number of hydrogen-bond acceptors (Lipinski definition) is 1. The van der Waals surface area contributed by atoms with Crippen LogP contribution in [0.3, 0.4) is 0 Å². The summed E-state index contributed by atoms with van der Waals surface area (Å²) < 4.78 is 0.905. The van der Waals surface area contributed by atoms with Crippen LogP contribution in [0.1, 0.15) is 19.8 Å². The van der Waals surface area contributed by atoms with Gasteiger partial charge in [0.1, 0.15) is 0 Å². The molecule has 1 heterocycles. The minimum absolute atomic E-state index is 0. The number of nitrogens with zero attached hydrogens (tertiary/aromatic N) is 2. The number of pyridine rings is 1. The Morgan fingerprint density at radius 1 is 1.20 bits per heavy atom. The maximum Gasteiger partial charge on any atom is 0.0816 e. The van der Waals surface area contributed by atoms with Gasteiger partial charge in [-0.2, -0.15) is 0 Å². The Bertz CT molecular complexity index is 524. The molecule has 1 aromatic heterocycles. The summed E-state index contributed by atoms with van der Waals surface area (Å²) in [6, 6.07) is 15.6. The molecule has 0 saturated carbocycles. The van der Waals surface area contributed by atoms with Crippen molar-refractivity contribution in [3.05, 3.63) is 48.7 Å². The molecule has 0 spiro atoms. The van der Waals surface area contributed by atoms with Crippen LogP contribution >= 0.6 is 0 Å². The van der Waals surface area contributed by atoms with Gasteiger partial charge in [-0.25, -0.2) is 0 Å². The molecule has 2 aromatic rings. The standard InChI is InChI=1S/C17H22N2.Ir/c1-4-5-13-19(2,3)16-10-8-9-15(14-16)17-11-6-7-12-18-17;/h6-8,10-12,14H,4-5,13H2,1-3H3;. The second kappa shape index (κ2) is 7.68. The van der Waals surface area contributed by atoms with E-state index < -0.39 is 0 Å². The van der Waals surface area contributed by atoms with Gasteiger partial charge in [-0.3, -0.25) is 0 Å². The Morgan fingerprint density at radius 2 is 2.00 bits per heavy atom. The van der Waals surface area contributed by atoms with Gasteiger partial charge < -0.3 is 9.47 Å². The van der Waals surface area contributed by atoms with E-state index in [0.717, 1.165) is 22.3 Å². The summed E-state index contributed by atoms with van der Waals surface area (Å²) in [4.78, 5) is 4.40. The average Bonchev–Trinajstić information content (AvgIpc) is 2.46. The Kier molecular flexibility index (Phi) is 6.54. The van der Waals surface area contributed by atoms with E-state index in [1.165, 1.54) is 18.5 Å². The van der Waals surface area contributed by atoms with E-state index in [2.05, 4.69) is 44.2 Å². The van der Waals surface area contributed by atoms with Crippen molar-refractivity contribution in [1.82, 2.24) is 9.47 Å². The Morgan fingerprint density at radius 3 is 2.65 bits per heavy atom. The molecular weight excluding hydrogens is 424 g/mol. The van der Waals surface area contributed by atoms with Crippen LogP contribution in [0.4, 0.5) is 5.69 Å². The number of aromatic nitrogens is 1. The van der Waals surface area contributed by atoms with E-state index in [4.69, 9.17) is 0 Å². The first-order valence-electron chi connectivity index (χ1n) is 6.90. The van der Waals surface area contributed by atoms with E-state index in [-0.39, 0.29) is 20.1 Å². The molecule has 0 amide bonds. The first-order valence-corrected chi connectivity index (χ1v) is 6.90. The van der Waals surface area contributed by atoms with Crippen molar-refractivity contribution in [2.24, 2.45) is 0 Å². The molecule has 1 radical (unpaired) electrons. The molecule has 109 valence electrons. The summed E-state index contributed by atoms with van der Waals surface area (Å²) in [6.45, 7) is 3.39. The minimum Gasteiger partial charge on any atom is -0.312 e. The molecule has 0 bridgehead atoms. The zero-order chi connectivity index (χ0) is 13.7. The first kappa shape index (κ1) is 17.0. The Labute approximate surface area is 135 Å². The van der Waals surface area contributed by atoms with Crippen LogP contribution in [0.2, 0.25) is 0 Å². The number of benzene rings is 1. The molecule has 3 heteroatoms. The number of rotatable bonds is 5. The zero-order valence-electron chi connectivity index (χ0n) is 12.4. The molecule has 0 saturated heterocycles. The Balaban J connectivity index is 0.00000200. The normalized spacial score (nSPS) is 10.9. The SMILES string of the molecule is CCCC[N+](C)(C)c1cc[c-]c(-c2ccccn2)c1.[Ir]. The quantitative estimate of drug-likeness (QED) is 0.501. The maximum atomic E-state index is 4.40. The van der Waals surface area contributed by atoms with E-state index in [9.17, 15) is 0 Å². The van der Waals surface area contributed by atoms with Crippen molar-refractivity contribution in [1.29, 1.82) is 0 Å². The van der Waals surface area contributed by atoms with E-state index in [1.807, 2.05) is 30.5 Å². The van der Waals surface area contributed by atoms with E-state index in [0.29, 0.717) is 0 Å². The van der Waals surface area contributed by atoms with Gasteiger partial charge in [0, 0.05) is 26.3 Å². The van der Waals surface area contributed by atoms with Gasteiger partial charge in [0.25, 0.3) is 0 Å². The summed E-state index contributed by atoms with van der Waals surface area (Å²) in [5.74, 6) is 0. The summed E-state index contributed by atoms with van der Waals surface area (Å²) in [5, 5.41) is 0. The van der Waals surface area contributed by atoms with E-state index >= 15 is 0 Å². The van der Waals surface area contributed by atoms with Gasteiger partial charge in [-0.1, -0.05) is 37.6 Å². The summed E-state index contributed by atoms with van der Waals surface area (Å²) in [7, 11) is 4.51. The van der Waals surface area contributed by atoms with Crippen LogP contribution < -0.4 is 4.48 Å². The third-order valence-electron chi connectivity index (χ3n) is 3.50. The fraction of sp³-hybridized carbons (Fsp3) is 0.353. The van der Waals surface area contributed by atoms with Crippen LogP contribution in [0.5, 0.6) is 0 Å². The number of unbranched alkanes of at least 4 members (excludes halogenated alkanes) is 1. The predicted molar refractivity (Wildman–Crippen MR) is 81.9 cm³/mol. The smallest absolute Gasteiger partial charge is 0.0816 e. The fourth-order valence-electron chi connectivity index (χ4n) is 2.18. The first-order chi connectivity index (χ1) is 9.13. The summed E-state index contributed by atoms with van der Waals surface area (Å²) >= 11 is 0. The molecule has 2 rings (SSSR count). The third-order valence-corrected chi connectivity index (χ3v) is 3.50. The molecule has 2 nitrogen and oxygen atoms in total. The van der Waals surface area contributed by atoms with Gasteiger partial charge in [0.05, 0.1) is 26.3 Å². The van der Waals surface area contributed by atoms with Crippen molar-refractivity contribution in [3.8, 4) is 11.3 Å². The molecule has 0 atom stereocenters. The van der Waals surface area contributed by atoms with Gasteiger partial charge in [0.2, 0.25) is 0 Å². The third kappa shape index (κ3) is 4.24. The van der Waals surface area contributed by atoms with Crippen LogP contribution in [0, 0.1) is 6.07 Å². The van der Waals surface area contributed by atoms with Crippen molar-refractivity contribution in [2.75, 3.05) is 20.6 Å². The van der Waals surface area contributed by atoms with Crippen molar-refractivity contribution in [3.63, 3.8) is 0 Å². The monoisotopic (exact) mass is 447 g/mol. The van der Waals surface area contributed by atoms with E-state index in [1.54, 1.807) is 0 Å². The van der Waals surface area contributed by atoms with Crippen LogP contribution in [0.25, 0.3) is 11.3 Å². The molecule has 1 aromatic carbocycles. The average molecular weight is 447 g/mol. The zero-order valence-corrected chi connectivity index (χ0v) is 14.8.